The molecule has 0 aliphatic heterocycles. The maximum Gasteiger partial charge on any atom is 0.325 e. The van der Waals surface area contributed by atoms with Gasteiger partial charge in [0.2, 0.25) is 0 Å². The highest BCUT2D eigenvalue weighted by Gasteiger charge is 2.10. The molecule has 0 heterocycles. The summed E-state index contributed by atoms with van der Waals surface area (Å²) in [5, 5.41) is 0. The maximum atomic E-state index is 10.3. The van der Waals surface area contributed by atoms with Crippen LogP contribution in [0.2, 0.25) is 0 Å². The van der Waals surface area contributed by atoms with Crippen molar-refractivity contribution in [3.05, 3.63) is 12.2 Å². The van der Waals surface area contributed by atoms with E-state index < -0.39 is 7.60 Å². The summed E-state index contributed by atoms with van der Waals surface area (Å²) in [5.41, 5.74) is 0. The Kier molecular flexibility index (Phi) is 4.62. The fourth-order valence-corrected chi connectivity index (χ4v) is 1.18. The summed E-state index contributed by atoms with van der Waals surface area (Å²) in [7, 11) is -3.74. The molecule has 0 bridgehead atoms. The first-order chi connectivity index (χ1) is 4.56. The first kappa shape index (κ1) is 9.89. The Morgan fingerprint density at radius 2 is 2.10 bits per heavy atom. The third kappa shape index (κ3) is 7.89. The lowest BCUT2D eigenvalue weighted by molar-refractivity contribution is 0.372. The Labute approximate surface area is 60.9 Å². The van der Waals surface area contributed by atoms with Crippen molar-refractivity contribution in [3.63, 3.8) is 0 Å². The molecule has 0 spiro atoms. The Balaban J connectivity index is 3.29. The van der Waals surface area contributed by atoms with Crippen LogP contribution in [0.5, 0.6) is 0 Å². The van der Waals surface area contributed by atoms with Gasteiger partial charge in [-0.3, -0.25) is 4.57 Å². The van der Waals surface area contributed by atoms with Crippen LogP contribution in [0.4, 0.5) is 0 Å². The van der Waals surface area contributed by atoms with E-state index in [0.29, 0.717) is 6.42 Å². The zero-order valence-corrected chi connectivity index (χ0v) is 6.92. The topological polar surface area (TPSA) is 57.5 Å². The second kappa shape index (κ2) is 4.67. The summed E-state index contributed by atoms with van der Waals surface area (Å²) in [5.74, 6) is 0. The van der Waals surface area contributed by atoms with Crippen molar-refractivity contribution in [2.24, 2.45) is 0 Å². The van der Waals surface area contributed by atoms with Crippen LogP contribution in [0.15, 0.2) is 12.2 Å². The first-order valence-electron chi connectivity index (χ1n) is 3.22. The van der Waals surface area contributed by atoms with E-state index in [4.69, 9.17) is 9.79 Å². The molecule has 0 fully saturated rings. The average Bonchev–Trinajstić information content (AvgIpc) is 1.78. The molecule has 0 rings (SSSR count). The normalized spacial score (nSPS) is 12.7. The fourth-order valence-electron chi connectivity index (χ4n) is 0.582. The maximum absolute atomic E-state index is 10.3. The summed E-state index contributed by atoms with van der Waals surface area (Å²) in [6.07, 6.45) is 5.09. The molecule has 0 aromatic carbocycles. The number of allylic oxidation sites excluding steroid dienone is 2. The van der Waals surface area contributed by atoms with E-state index in [1.54, 1.807) is 0 Å². The molecule has 0 aliphatic carbocycles. The van der Waals surface area contributed by atoms with Crippen LogP contribution in [0.3, 0.4) is 0 Å². The van der Waals surface area contributed by atoms with Crippen molar-refractivity contribution in [2.45, 2.75) is 19.8 Å². The molecule has 0 aromatic rings. The molecule has 60 valence electrons. The summed E-state index contributed by atoms with van der Waals surface area (Å²) in [4.78, 5) is 16.8. The fraction of sp³-hybridized carbons (Fsp3) is 0.667. The van der Waals surface area contributed by atoms with Gasteiger partial charge in [0.15, 0.2) is 0 Å². The molecule has 0 aliphatic rings. The molecule has 0 saturated heterocycles. The van der Waals surface area contributed by atoms with E-state index in [1.165, 1.54) is 0 Å². The Hall–Kier alpha value is -0.110. The van der Waals surface area contributed by atoms with Gasteiger partial charge < -0.3 is 9.79 Å². The zero-order chi connectivity index (χ0) is 8.04. The van der Waals surface area contributed by atoms with Gasteiger partial charge in [0.25, 0.3) is 0 Å². The quantitative estimate of drug-likeness (QED) is 0.376. The molecule has 0 amide bonds. The lowest BCUT2D eigenvalue weighted by atomic mass is 10.3. The minimum Gasteiger partial charge on any atom is -0.324 e. The van der Waals surface area contributed by atoms with Crippen LogP contribution in [-0.2, 0) is 4.57 Å². The Bertz CT molecular complexity index is 147. The predicted octanol–water partition coefficient (Wildman–Crippen LogP) is 1.52. The molecule has 2 N–H and O–H groups in total. The summed E-state index contributed by atoms with van der Waals surface area (Å²) >= 11 is 0. The van der Waals surface area contributed by atoms with Crippen molar-refractivity contribution in [1.29, 1.82) is 0 Å². The van der Waals surface area contributed by atoms with Crippen molar-refractivity contribution in [2.75, 3.05) is 6.16 Å². The molecule has 0 atom stereocenters. The molecule has 4 heteroatoms. The second-order valence-corrected chi connectivity index (χ2v) is 3.88. The van der Waals surface area contributed by atoms with Crippen molar-refractivity contribution >= 4 is 7.60 Å². The standard InChI is InChI=1S/C6H13O3P/c1-2-3-4-5-6-10(7,8)9/h2-3H,4-6H2,1H3,(H2,7,8,9). The predicted molar refractivity (Wildman–Crippen MR) is 41.0 cm³/mol. The SMILES string of the molecule is CC=CCCCP(=O)(O)O. The molecule has 0 radical (unpaired) electrons. The van der Waals surface area contributed by atoms with Gasteiger partial charge >= 0.3 is 7.60 Å². The van der Waals surface area contributed by atoms with Crippen LogP contribution in [0, 0.1) is 0 Å². The first-order valence-corrected chi connectivity index (χ1v) is 5.02. The van der Waals surface area contributed by atoms with Gasteiger partial charge in [-0.1, -0.05) is 12.2 Å². The Morgan fingerprint density at radius 1 is 1.50 bits per heavy atom. The van der Waals surface area contributed by atoms with E-state index in [0.717, 1.165) is 6.42 Å². The molecule has 0 saturated carbocycles. The zero-order valence-electron chi connectivity index (χ0n) is 6.03. The summed E-state index contributed by atoms with van der Waals surface area (Å²) in [6, 6.07) is 0. The second-order valence-electron chi connectivity index (χ2n) is 2.10. The van der Waals surface area contributed by atoms with Crippen molar-refractivity contribution < 1.29 is 14.4 Å². The van der Waals surface area contributed by atoms with Crippen LogP contribution >= 0.6 is 7.60 Å². The third-order valence-corrected chi connectivity index (χ3v) is 1.95. The lowest BCUT2D eigenvalue weighted by Gasteiger charge is -1.99. The van der Waals surface area contributed by atoms with Crippen molar-refractivity contribution in [3.8, 4) is 0 Å². The minimum absolute atomic E-state index is 0.00264. The number of hydrogen-bond acceptors (Lipinski definition) is 1. The summed E-state index contributed by atoms with van der Waals surface area (Å²) in [6.45, 7) is 1.89. The van der Waals surface area contributed by atoms with E-state index in [9.17, 15) is 4.57 Å². The van der Waals surface area contributed by atoms with Gasteiger partial charge in [-0.15, -0.1) is 0 Å². The molecule has 0 unspecified atom stereocenters. The lowest BCUT2D eigenvalue weighted by Crippen LogP contribution is -1.85. The molecule has 10 heavy (non-hydrogen) atoms. The molecule has 0 aromatic heterocycles. The molecular weight excluding hydrogens is 151 g/mol. The smallest absolute Gasteiger partial charge is 0.324 e. The van der Waals surface area contributed by atoms with Crippen LogP contribution < -0.4 is 0 Å². The van der Waals surface area contributed by atoms with E-state index >= 15 is 0 Å². The van der Waals surface area contributed by atoms with E-state index in [1.807, 2.05) is 19.1 Å². The number of hydrogen-bond donors (Lipinski definition) is 2. The van der Waals surface area contributed by atoms with Gasteiger partial charge in [-0.25, -0.2) is 0 Å². The highest BCUT2D eigenvalue weighted by Crippen LogP contribution is 2.35. The van der Waals surface area contributed by atoms with Gasteiger partial charge in [0, 0.05) is 0 Å². The summed E-state index contributed by atoms with van der Waals surface area (Å²) < 4.78 is 10.3. The van der Waals surface area contributed by atoms with Gasteiger partial charge in [-0.05, 0) is 19.8 Å². The largest absolute Gasteiger partial charge is 0.325 e. The van der Waals surface area contributed by atoms with Gasteiger partial charge in [0.05, 0.1) is 6.16 Å². The van der Waals surface area contributed by atoms with Crippen molar-refractivity contribution in [1.82, 2.24) is 0 Å². The highest BCUT2D eigenvalue weighted by molar-refractivity contribution is 7.51. The molecule has 3 nitrogen and oxygen atoms in total. The highest BCUT2D eigenvalue weighted by atomic mass is 31.2. The van der Waals surface area contributed by atoms with Crippen LogP contribution in [0.1, 0.15) is 19.8 Å². The van der Waals surface area contributed by atoms with E-state index in [2.05, 4.69) is 0 Å². The monoisotopic (exact) mass is 164 g/mol. The van der Waals surface area contributed by atoms with Crippen LogP contribution in [-0.4, -0.2) is 15.9 Å². The van der Waals surface area contributed by atoms with Crippen LogP contribution in [0.25, 0.3) is 0 Å². The number of rotatable bonds is 4. The number of unbranched alkanes of at least 4 members (excludes halogenated alkanes) is 1. The van der Waals surface area contributed by atoms with Gasteiger partial charge in [-0.2, -0.15) is 0 Å². The Morgan fingerprint density at radius 3 is 2.50 bits per heavy atom. The van der Waals surface area contributed by atoms with E-state index in [-0.39, 0.29) is 6.16 Å². The average molecular weight is 164 g/mol. The molecular formula is C6H13O3P. The van der Waals surface area contributed by atoms with Gasteiger partial charge in [0.1, 0.15) is 0 Å². The third-order valence-electron chi connectivity index (χ3n) is 1.06. The minimum atomic E-state index is -3.74.